The Bertz CT molecular complexity index is 1230. The van der Waals surface area contributed by atoms with Gasteiger partial charge >= 0.3 is 0 Å². The summed E-state index contributed by atoms with van der Waals surface area (Å²) in [6.45, 7) is 2.34. The van der Waals surface area contributed by atoms with E-state index in [1.807, 2.05) is 6.92 Å². The summed E-state index contributed by atoms with van der Waals surface area (Å²) in [5.74, 6) is -2.09. The summed E-state index contributed by atoms with van der Waals surface area (Å²) in [7, 11) is 1.36. The lowest BCUT2D eigenvalue weighted by atomic mass is 9.95. The molecular weight excluding hydrogens is 427 g/mol. The summed E-state index contributed by atoms with van der Waals surface area (Å²) in [6.07, 6.45) is 3.05. The molecule has 8 heteroatoms. The number of aliphatic hydroxyl groups excluding tert-OH is 1. The van der Waals surface area contributed by atoms with Gasteiger partial charge in [0.2, 0.25) is 0 Å². The minimum Gasteiger partial charge on any atom is -0.507 e. The lowest BCUT2D eigenvalue weighted by Gasteiger charge is -2.25. The predicted molar refractivity (Wildman–Crippen MR) is 120 cm³/mol. The Hall–Kier alpha value is -4.20. The largest absolute Gasteiger partial charge is 0.507 e. The van der Waals surface area contributed by atoms with Gasteiger partial charge in [0, 0.05) is 18.1 Å². The molecule has 1 unspecified atom stereocenters. The number of pyridine rings is 1. The number of hydrogen-bond donors (Lipinski definition) is 1. The van der Waals surface area contributed by atoms with Crippen LogP contribution in [-0.4, -0.2) is 35.5 Å². The molecular formula is C25H21FN2O5. The third kappa shape index (κ3) is 4.03. The van der Waals surface area contributed by atoms with Gasteiger partial charge < -0.3 is 14.6 Å². The molecule has 0 radical (unpaired) electrons. The standard InChI is InChI=1S/C25H21FN2O5/c1-3-33-18-7-5-17(6-8-18)28-22(15-10-12-27-13-11-15)21(24(30)25(28)31)23(29)19-14-16(26)4-9-20(19)32-2/h4-14,22,29H,3H2,1-2H3/b23-21+. The molecule has 1 saturated heterocycles. The number of rotatable bonds is 6. The van der Waals surface area contributed by atoms with Crippen molar-refractivity contribution in [1.29, 1.82) is 0 Å². The first-order valence-corrected chi connectivity index (χ1v) is 10.2. The molecule has 168 valence electrons. The molecule has 3 aromatic rings. The van der Waals surface area contributed by atoms with Gasteiger partial charge in [0.25, 0.3) is 11.7 Å². The van der Waals surface area contributed by atoms with Crippen LogP contribution < -0.4 is 14.4 Å². The fraction of sp³-hybridized carbons (Fsp3) is 0.160. The molecule has 1 atom stereocenters. The van der Waals surface area contributed by atoms with Crippen molar-refractivity contribution in [3.8, 4) is 11.5 Å². The summed E-state index contributed by atoms with van der Waals surface area (Å²) >= 11 is 0. The van der Waals surface area contributed by atoms with Crippen LogP contribution in [0.1, 0.15) is 24.1 Å². The Labute approximate surface area is 189 Å². The lowest BCUT2D eigenvalue weighted by molar-refractivity contribution is -0.132. The Kier molecular flexibility index (Phi) is 6.08. The van der Waals surface area contributed by atoms with Crippen LogP contribution in [0.5, 0.6) is 11.5 Å². The van der Waals surface area contributed by atoms with Crippen molar-refractivity contribution in [1.82, 2.24) is 4.98 Å². The zero-order valence-electron chi connectivity index (χ0n) is 18.0. The van der Waals surface area contributed by atoms with Crippen LogP contribution in [0.25, 0.3) is 5.76 Å². The van der Waals surface area contributed by atoms with Crippen LogP contribution in [-0.2, 0) is 9.59 Å². The lowest BCUT2D eigenvalue weighted by Crippen LogP contribution is -2.29. The number of aromatic nitrogens is 1. The van der Waals surface area contributed by atoms with Crippen LogP contribution in [0.3, 0.4) is 0 Å². The predicted octanol–water partition coefficient (Wildman–Crippen LogP) is 4.25. The molecule has 1 aliphatic rings. The molecule has 1 N–H and O–H groups in total. The monoisotopic (exact) mass is 448 g/mol. The van der Waals surface area contributed by atoms with Crippen LogP contribution in [0, 0.1) is 5.82 Å². The van der Waals surface area contributed by atoms with Crippen molar-refractivity contribution < 1.29 is 28.6 Å². The van der Waals surface area contributed by atoms with Crippen LogP contribution in [0.15, 0.2) is 72.6 Å². The average molecular weight is 448 g/mol. The maximum atomic E-state index is 14.0. The number of carbonyl (C=O) groups is 2. The SMILES string of the molecule is CCOc1ccc(N2C(=O)C(=O)/C(=C(/O)c3cc(F)ccc3OC)C2c2ccncc2)cc1. The van der Waals surface area contributed by atoms with Gasteiger partial charge in [0.15, 0.2) is 0 Å². The van der Waals surface area contributed by atoms with Gasteiger partial charge in [-0.15, -0.1) is 0 Å². The van der Waals surface area contributed by atoms with E-state index in [-0.39, 0.29) is 16.9 Å². The number of halogens is 1. The van der Waals surface area contributed by atoms with Gasteiger partial charge in [0.1, 0.15) is 23.1 Å². The van der Waals surface area contributed by atoms with Gasteiger partial charge in [-0.1, -0.05) is 0 Å². The van der Waals surface area contributed by atoms with Crippen molar-refractivity contribution in [3.05, 3.63) is 89.5 Å². The number of amides is 1. The van der Waals surface area contributed by atoms with Crippen molar-refractivity contribution in [2.75, 3.05) is 18.6 Å². The molecule has 0 bridgehead atoms. The molecule has 4 rings (SSSR count). The Morgan fingerprint density at radius 1 is 1.09 bits per heavy atom. The van der Waals surface area contributed by atoms with E-state index in [0.717, 1.165) is 6.07 Å². The minimum absolute atomic E-state index is 0.0266. The minimum atomic E-state index is -0.959. The number of aliphatic hydroxyl groups is 1. The smallest absolute Gasteiger partial charge is 0.300 e. The number of nitrogens with zero attached hydrogens (tertiary/aromatic N) is 2. The number of Topliss-reactive ketones (excluding diaryl/α,β-unsaturated/α-hetero) is 1. The maximum absolute atomic E-state index is 14.0. The normalized spacial score (nSPS) is 17.3. The van der Waals surface area contributed by atoms with E-state index in [9.17, 15) is 19.1 Å². The third-order valence-corrected chi connectivity index (χ3v) is 5.31. The molecule has 1 aromatic heterocycles. The highest BCUT2D eigenvalue weighted by Gasteiger charge is 2.47. The molecule has 1 aliphatic heterocycles. The molecule has 1 amide bonds. The summed E-state index contributed by atoms with van der Waals surface area (Å²) in [5, 5.41) is 11.2. The Balaban J connectivity index is 1.92. The Morgan fingerprint density at radius 2 is 1.79 bits per heavy atom. The fourth-order valence-electron chi connectivity index (χ4n) is 3.84. The van der Waals surface area contributed by atoms with E-state index in [1.54, 1.807) is 36.4 Å². The highest BCUT2D eigenvalue weighted by atomic mass is 19.1. The van der Waals surface area contributed by atoms with Gasteiger partial charge in [0.05, 0.1) is 30.9 Å². The number of carbonyl (C=O) groups excluding carboxylic acids is 2. The number of ketones is 1. The fourth-order valence-corrected chi connectivity index (χ4v) is 3.84. The van der Waals surface area contributed by atoms with Crippen LogP contribution >= 0.6 is 0 Å². The number of anilines is 1. The van der Waals surface area contributed by atoms with Gasteiger partial charge in [-0.3, -0.25) is 19.5 Å². The number of methoxy groups -OCH3 is 1. The molecule has 33 heavy (non-hydrogen) atoms. The molecule has 7 nitrogen and oxygen atoms in total. The van der Waals surface area contributed by atoms with Gasteiger partial charge in [-0.2, -0.15) is 0 Å². The summed E-state index contributed by atoms with van der Waals surface area (Å²) in [5.41, 5.74) is 0.785. The molecule has 0 spiro atoms. The quantitative estimate of drug-likeness (QED) is 0.345. The maximum Gasteiger partial charge on any atom is 0.300 e. The molecule has 0 aliphatic carbocycles. The zero-order chi connectivity index (χ0) is 23.5. The topological polar surface area (TPSA) is 89.0 Å². The third-order valence-electron chi connectivity index (χ3n) is 5.31. The van der Waals surface area contributed by atoms with Crippen molar-refractivity contribution in [2.45, 2.75) is 13.0 Å². The van der Waals surface area contributed by atoms with Crippen LogP contribution in [0.4, 0.5) is 10.1 Å². The highest BCUT2D eigenvalue weighted by molar-refractivity contribution is 6.51. The summed E-state index contributed by atoms with van der Waals surface area (Å²) < 4.78 is 24.7. The average Bonchev–Trinajstić information content (AvgIpc) is 3.10. The van der Waals surface area contributed by atoms with Gasteiger partial charge in [-0.25, -0.2) is 4.39 Å². The molecule has 1 fully saturated rings. The van der Waals surface area contributed by atoms with Crippen LogP contribution in [0.2, 0.25) is 0 Å². The second kappa shape index (κ2) is 9.12. The molecule has 2 aromatic carbocycles. The second-order valence-electron chi connectivity index (χ2n) is 7.22. The number of benzene rings is 2. The summed E-state index contributed by atoms with van der Waals surface area (Å²) in [4.78, 5) is 31.6. The van der Waals surface area contributed by atoms with E-state index in [1.165, 1.54) is 36.5 Å². The second-order valence-corrected chi connectivity index (χ2v) is 7.22. The first-order chi connectivity index (χ1) is 16.0. The first-order valence-electron chi connectivity index (χ1n) is 10.2. The van der Waals surface area contributed by atoms with Crippen molar-refractivity contribution in [3.63, 3.8) is 0 Å². The van der Waals surface area contributed by atoms with E-state index in [2.05, 4.69) is 4.98 Å². The molecule has 2 heterocycles. The zero-order valence-corrected chi connectivity index (χ0v) is 18.0. The Morgan fingerprint density at radius 3 is 2.42 bits per heavy atom. The van der Waals surface area contributed by atoms with E-state index in [4.69, 9.17) is 9.47 Å². The van der Waals surface area contributed by atoms with Gasteiger partial charge in [-0.05, 0) is 67.1 Å². The van der Waals surface area contributed by atoms with Crippen molar-refractivity contribution >= 4 is 23.1 Å². The van der Waals surface area contributed by atoms with E-state index in [0.29, 0.717) is 23.6 Å². The van der Waals surface area contributed by atoms with E-state index >= 15 is 0 Å². The summed E-state index contributed by atoms with van der Waals surface area (Å²) in [6, 6.07) is 12.6. The first kappa shape index (κ1) is 22.0. The molecule has 0 saturated carbocycles. The number of ether oxygens (including phenoxy) is 2. The van der Waals surface area contributed by atoms with Crippen molar-refractivity contribution in [2.24, 2.45) is 0 Å². The highest BCUT2D eigenvalue weighted by Crippen LogP contribution is 2.43. The number of hydrogen-bond acceptors (Lipinski definition) is 6. The van der Waals surface area contributed by atoms with E-state index < -0.39 is 29.3 Å².